The zero-order valence-electron chi connectivity index (χ0n) is 16.1. The third kappa shape index (κ3) is 5.51. The largest absolute Gasteiger partial charge is 0.604 e. The van der Waals surface area contributed by atoms with Crippen LogP contribution in [0.1, 0.15) is 52.7 Å². The van der Waals surface area contributed by atoms with E-state index < -0.39 is 7.82 Å². The first-order valence-corrected chi connectivity index (χ1v) is 10.2. The van der Waals surface area contributed by atoms with Crippen LogP contribution < -0.4 is 9.05 Å². The number of benzene rings is 2. The maximum absolute atomic E-state index is 12.7. The minimum atomic E-state index is -3.99. The Bertz CT molecular complexity index is 708. The van der Waals surface area contributed by atoms with E-state index in [1.165, 1.54) is 0 Å². The fourth-order valence-corrected chi connectivity index (χ4v) is 3.36. The van der Waals surface area contributed by atoms with Crippen LogP contribution >= 0.6 is 19.7 Å². The topological polar surface area (TPSA) is 44.8 Å². The molecule has 0 bridgehead atoms. The normalized spacial score (nSPS) is 12.7. The first-order valence-electron chi connectivity index (χ1n) is 8.44. The monoisotopic (exact) mass is 396 g/mol. The standard InChI is InChI=1S/C20H26ClO4P/c1-19(2,3)15-7-11-17(12-8-15)23-26(22,25-21)24-18-13-9-16(10-14-18)20(4,5)6/h7-14H,1-6H3. The maximum Gasteiger partial charge on any atom is 0.604 e. The Morgan fingerprint density at radius 3 is 1.23 bits per heavy atom. The molecule has 0 N–H and O–H groups in total. The van der Waals surface area contributed by atoms with Crippen LogP contribution in [0.5, 0.6) is 11.5 Å². The van der Waals surface area contributed by atoms with Gasteiger partial charge in [-0.2, -0.15) is 4.08 Å². The summed E-state index contributed by atoms with van der Waals surface area (Å²) in [7, 11) is -3.99. The number of rotatable bonds is 5. The third-order valence-corrected chi connectivity index (χ3v) is 5.50. The van der Waals surface area contributed by atoms with Crippen LogP contribution in [0, 0.1) is 0 Å². The molecule has 0 aliphatic carbocycles. The van der Waals surface area contributed by atoms with E-state index in [-0.39, 0.29) is 10.8 Å². The average molecular weight is 397 g/mol. The lowest BCUT2D eigenvalue weighted by Gasteiger charge is -2.21. The van der Waals surface area contributed by atoms with E-state index in [0.717, 1.165) is 11.1 Å². The van der Waals surface area contributed by atoms with Gasteiger partial charge in [-0.25, -0.2) is 4.57 Å². The molecule has 0 aliphatic rings. The van der Waals surface area contributed by atoms with Crippen molar-refractivity contribution >= 4 is 19.7 Å². The molecule has 142 valence electrons. The summed E-state index contributed by atoms with van der Waals surface area (Å²) in [5.41, 5.74) is 2.28. The fourth-order valence-electron chi connectivity index (χ4n) is 2.34. The molecule has 0 amide bonds. The lowest BCUT2D eigenvalue weighted by molar-refractivity contribution is 0.308. The summed E-state index contributed by atoms with van der Waals surface area (Å²) < 4.78 is 28.0. The second-order valence-electron chi connectivity index (χ2n) is 8.25. The SMILES string of the molecule is CC(C)(C)c1ccc(OP(=O)(OCl)Oc2ccc(C(C)(C)C)cc2)cc1. The third-order valence-electron chi connectivity index (χ3n) is 3.96. The molecule has 0 spiro atoms. The van der Waals surface area contributed by atoms with Crippen LogP contribution in [0.3, 0.4) is 0 Å². The molecule has 0 saturated carbocycles. The maximum atomic E-state index is 12.7. The molecule has 0 saturated heterocycles. The van der Waals surface area contributed by atoms with Gasteiger partial charge in [0.05, 0.1) is 11.9 Å². The van der Waals surface area contributed by atoms with E-state index in [1.807, 2.05) is 24.3 Å². The van der Waals surface area contributed by atoms with Gasteiger partial charge in [-0.15, -0.1) is 0 Å². The summed E-state index contributed by atoms with van der Waals surface area (Å²) >= 11 is 5.40. The molecule has 26 heavy (non-hydrogen) atoms. The highest BCUT2D eigenvalue weighted by molar-refractivity contribution is 7.50. The first kappa shape index (κ1) is 20.8. The van der Waals surface area contributed by atoms with E-state index >= 15 is 0 Å². The molecule has 0 atom stereocenters. The summed E-state index contributed by atoms with van der Waals surface area (Å²) in [5, 5.41) is 0. The van der Waals surface area contributed by atoms with Gasteiger partial charge in [-0.1, -0.05) is 65.8 Å². The van der Waals surface area contributed by atoms with Crippen molar-refractivity contribution in [2.45, 2.75) is 52.4 Å². The minimum Gasteiger partial charge on any atom is -0.394 e. The zero-order chi connectivity index (χ0) is 19.6. The lowest BCUT2D eigenvalue weighted by atomic mass is 9.87. The Morgan fingerprint density at radius 1 is 0.692 bits per heavy atom. The molecule has 0 heterocycles. The molecule has 0 unspecified atom stereocenters. The van der Waals surface area contributed by atoms with Gasteiger partial charge in [-0.05, 0) is 46.2 Å². The molecule has 4 nitrogen and oxygen atoms in total. The Labute approximate surface area is 161 Å². The van der Waals surface area contributed by atoms with E-state index in [2.05, 4.69) is 45.6 Å². The van der Waals surface area contributed by atoms with Crippen LogP contribution in [-0.2, 0) is 19.5 Å². The first-order chi connectivity index (χ1) is 11.9. The van der Waals surface area contributed by atoms with Crippen molar-refractivity contribution in [2.24, 2.45) is 0 Å². The molecule has 2 aromatic carbocycles. The number of hydrogen-bond donors (Lipinski definition) is 0. The van der Waals surface area contributed by atoms with E-state index in [4.69, 9.17) is 20.9 Å². The van der Waals surface area contributed by atoms with Gasteiger partial charge in [0.15, 0.2) is 0 Å². The minimum absolute atomic E-state index is 0.0104. The predicted octanol–water partition coefficient (Wildman–Crippen LogP) is 7.02. The highest BCUT2D eigenvalue weighted by Crippen LogP contribution is 2.50. The number of hydrogen-bond acceptors (Lipinski definition) is 4. The Balaban J connectivity index is 2.14. The van der Waals surface area contributed by atoms with Crippen molar-refractivity contribution in [3.05, 3.63) is 59.7 Å². The molecule has 2 rings (SSSR count). The highest BCUT2D eigenvalue weighted by Gasteiger charge is 2.31. The fraction of sp³-hybridized carbons (Fsp3) is 0.400. The number of phosphoric ester groups is 1. The Kier molecular flexibility index (Phi) is 6.12. The predicted molar refractivity (Wildman–Crippen MR) is 106 cm³/mol. The number of halogens is 1. The van der Waals surface area contributed by atoms with Crippen molar-refractivity contribution < 1.29 is 17.7 Å². The molecular weight excluding hydrogens is 371 g/mol. The van der Waals surface area contributed by atoms with E-state index in [9.17, 15) is 4.57 Å². The van der Waals surface area contributed by atoms with Gasteiger partial charge in [0.1, 0.15) is 11.5 Å². The van der Waals surface area contributed by atoms with Gasteiger partial charge in [0, 0.05) is 0 Å². The summed E-state index contributed by atoms with van der Waals surface area (Å²) in [5.74, 6) is 0.710. The molecule has 0 radical (unpaired) electrons. The van der Waals surface area contributed by atoms with Gasteiger partial charge in [0.2, 0.25) is 0 Å². The smallest absolute Gasteiger partial charge is 0.394 e. The molecular formula is C20H26ClO4P. The lowest BCUT2D eigenvalue weighted by Crippen LogP contribution is -2.11. The quantitative estimate of drug-likeness (QED) is 0.509. The average Bonchev–Trinajstić information content (AvgIpc) is 2.54. The summed E-state index contributed by atoms with van der Waals surface area (Å²) in [4.78, 5) is 0. The second kappa shape index (κ2) is 7.64. The zero-order valence-corrected chi connectivity index (χ0v) is 17.7. The summed E-state index contributed by atoms with van der Waals surface area (Å²) in [6.07, 6.45) is 0. The van der Waals surface area contributed by atoms with Crippen molar-refractivity contribution in [1.29, 1.82) is 0 Å². The van der Waals surface area contributed by atoms with Crippen molar-refractivity contribution in [2.75, 3.05) is 0 Å². The summed E-state index contributed by atoms with van der Waals surface area (Å²) in [6, 6.07) is 14.5. The number of phosphoric acid groups is 1. The van der Waals surface area contributed by atoms with Crippen LogP contribution in [0.4, 0.5) is 0 Å². The van der Waals surface area contributed by atoms with Gasteiger partial charge in [-0.3, -0.25) is 0 Å². The Hall–Kier alpha value is -1.48. The van der Waals surface area contributed by atoms with Gasteiger partial charge >= 0.3 is 7.82 Å². The van der Waals surface area contributed by atoms with Crippen LogP contribution in [0.2, 0.25) is 0 Å². The Morgan fingerprint density at radius 2 is 1.00 bits per heavy atom. The molecule has 0 aromatic heterocycles. The molecule has 2 aromatic rings. The van der Waals surface area contributed by atoms with Crippen molar-refractivity contribution in [3.63, 3.8) is 0 Å². The van der Waals surface area contributed by atoms with Crippen molar-refractivity contribution in [1.82, 2.24) is 0 Å². The molecule has 0 aliphatic heterocycles. The van der Waals surface area contributed by atoms with Gasteiger partial charge < -0.3 is 9.05 Å². The van der Waals surface area contributed by atoms with Crippen LogP contribution in [0.15, 0.2) is 48.5 Å². The van der Waals surface area contributed by atoms with E-state index in [1.54, 1.807) is 24.3 Å². The van der Waals surface area contributed by atoms with Crippen LogP contribution in [-0.4, -0.2) is 0 Å². The second-order valence-corrected chi connectivity index (χ2v) is 10.1. The highest BCUT2D eigenvalue weighted by atomic mass is 35.5. The molecule has 0 fully saturated rings. The van der Waals surface area contributed by atoms with Crippen molar-refractivity contribution in [3.8, 4) is 11.5 Å². The molecule has 6 heteroatoms. The van der Waals surface area contributed by atoms with Gasteiger partial charge in [0.25, 0.3) is 0 Å². The van der Waals surface area contributed by atoms with E-state index in [0.29, 0.717) is 11.5 Å². The van der Waals surface area contributed by atoms with Crippen LogP contribution in [0.25, 0.3) is 0 Å². The summed E-state index contributed by atoms with van der Waals surface area (Å²) in [6.45, 7) is 12.7.